The summed E-state index contributed by atoms with van der Waals surface area (Å²) in [5.41, 5.74) is 6.83. The first-order valence-electron chi connectivity index (χ1n) is 6.10. The molecule has 0 bridgehead atoms. The molecule has 21 heavy (non-hydrogen) atoms. The van der Waals surface area contributed by atoms with Crippen molar-refractivity contribution in [2.45, 2.75) is 6.61 Å². The number of amidine groups is 1. The van der Waals surface area contributed by atoms with E-state index >= 15 is 0 Å². The van der Waals surface area contributed by atoms with Gasteiger partial charge in [0.1, 0.15) is 23.9 Å². The van der Waals surface area contributed by atoms with Gasteiger partial charge in [-0.05, 0) is 36.4 Å². The van der Waals surface area contributed by atoms with Crippen LogP contribution >= 0.6 is 27.5 Å². The molecule has 0 aromatic heterocycles. The quantitative estimate of drug-likeness (QED) is 0.619. The average Bonchev–Trinajstić information content (AvgIpc) is 2.45. The van der Waals surface area contributed by atoms with Crippen molar-refractivity contribution < 1.29 is 9.47 Å². The minimum atomic E-state index is -0.0693. The van der Waals surface area contributed by atoms with Crippen LogP contribution < -0.4 is 15.2 Å². The molecule has 0 spiro atoms. The predicted molar refractivity (Wildman–Crippen MR) is 87.5 cm³/mol. The van der Waals surface area contributed by atoms with E-state index in [-0.39, 0.29) is 5.84 Å². The summed E-state index contributed by atoms with van der Waals surface area (Å²) < 4.78 is 12.0. The van der Waals surface area contributed by atoms with Crippen molar-refractivity contribution in [2.75, 3.05) is 7.11 Å². The molecule has 0 unspecified atom stereocenters. The summed E-state index contributed by atoms with van der Waals surface area (Å²) in [6.45, 7) is 0.346. The van der Waals surface area contributed by atoms with Crippen LogP contribution in [0.25, 0.3) is 0 Å². The van der Waals surface area contributed by atoms with Gasteiger partial charge in [0.25, 0.3) is 0 Å². The molecule has 0 amide bonds. The van der Waals surface area contributed by atoms with Gasteiger partial charge in [0.05, 0.1) is 12.1 Å². The van der Waals surface area contributed by atoms with Gasteiger partial charge in [0.2, 0.25) is 0 Å². The summed E-state index contributed by atoms with van der Waals surface area (Å²) in [7, 11) is 1.62. The molecule has 0 aliphatic heterocycles. The lowest BCUT2D eigenvalue weighted by Gasteiger charge is -2.12. The number of rotatable bonds is 5. The van der Waals surface area contributed by atoms with E-state index in [2.05, 4.69) is 15.9 Å². The normalized spacial score (nSPS) is 10.2. The Morgan fingerprint density at radius 2 is 2.05 bits per heavy atom. The van der Waals surface area contributed by atoms with Crippen molar-refractivity contribution in [1.82, 2.24) is 0 Å². The van der Waals surface area contributed by atoms with Crippen molar-refractivity contribution >= 4 is 33.4 Å². The van der Waals surface area contributed by atoms with Crippen LogP contribution in [-0.4, -0.2) is 12.9 Å². The number of nitrogen functional groups attached to an aromatic ring is 1. The highest BCUT2D eigenvalue weighted by Gasteiger charge is 2.08. The molecule has 0 radical (unpaired) electrons. The monoisotopic (exact) mass is 368 g/mol. The van der Waals surface area contributed by atoms with Crippen LogP contribution in [-0.2, 0) is 6.61 Å². The molecule has 0 atom stereocenters. The van der Waals surface area contributed by atoms with Gasteiger partial charge in [-0.2, -0.15) is 0 Å². The SMILES string of the molecule is COc1ccc(Br)cc1COc1ccc(C(=N)N)c(Cl)c1. The van der Waals surface area contributed by atoms with Gasteiger partial charge in [-0.25, -0.2) is 0 Å². The van der Waals surface area contributed by atoms with E-state index in [9.17, 15) is 0 Å². The van der Waals surface area contributed by atoms with Gasteiger partial charge in [-0.15, -0.1) is 0 Å². The lowest BCUT2D eigenvalue weighted by atomic mass is 10.2. The third-order valence-corrected chi connectivity index (χ3v) is 3.67. The van der Waals surface area contributed by atoms with E-state index in [1.54, 1.807) is 25.3 Å². The zero-order chi connectivity index (χ0) is 15.4. The number of benzene rings is 2. The number of hydrogen-bond acceptors (Lipinski definition) is 3. The zero-order valence-corrected chi connectivity index (χ0v) is 13.7. The van der Waals surface area contributed by atoms with E-state index in [1.807, 2.05) is 18.2 Å². The number of nitrogens with two attached hydrogens (primary N) is 1. The third kappa shape index (κ3) is 3.89. The van der Waals surface area contributed by atoms with Gasteiger partial charge in [-0.1, -0.05) is 27.5 Å². The fourth-order valence-corrected chi connectivity index (χ4v) is 2.51. The topological polar surface area (TPSA) is 68.3 Å². The van der Waals surface area contributed by atoms with Crippen LogP contribution in [0.4, 0.5) is 0 Å². The largest absolute Gasteiger partial charge is 0.496 e. The number of hydrogen-bond donors (Lipinski definition) is 2. The maximum Gasteiger partial charge on any atom is 0.125 e. The van der Waals surface area contributed by atoms with Crippen LogP contribution in [0.15, 0.2) is 40.9 Å². The molecular weight excluding hydrogens is 356 g/mol. The predicted octanol–water partition coefficient (Wildman–Crippen LogP) is 3.97. The molecular formula is C15H14BrClN2O2. The second kappa shape index (κ2) is 6.83. The summed E-state index contributed by atoms with van der Waals surface area (Å²) in [5.74, 6) is 1.29. The average molecular weight is 370 g/mol. The van der Waals surface area contributed by atoms with Crippen LogP contribution in [0.5, 0.6) is 11.5 Å². The molecule has 0 saturated heterocycles. The van der Waals surface area contributed by atoms with E-state index in [1.165, 1.54) is 0 Å². The molecule has 0 fully saturated rings. The van der Waals surface area contributed by atoms with E-state index in [0.717, 1.165) is 15.8 Å². The van der Waals surface area contributed by atoms with E-state index in [0.29, 0.717) is 22.9 Å². The standard InChI is InChI=1S/C15H14BrClN2O2/c1-20-14-5-2-10(16)6-9(14)8-21-11-3-4-12(15(18)19)13(17)7-11/h2-7H,8H2,1H3,(H3,18,19). The molecule has 0 aliphatic carbocycles. The summed E-state index contributed by atoms with van der Waals surface area (Å²) in [6, 6.07) is 10.7. The number of halogens is 2. The first-order valence-corrected chi connectivity index (χ1v) is 7.27. The van der Waals surface area contributed by atoms with Crippen molar-refractivity contribution in [1.29, 1.82) is 5.41 Å². The molecule has 6 heteroatoms. The second-order valence-corrected chi connectivity index (χ2v) is 5.62. The lowest BCUT2D eigenvalue weighted by molar-refractivity contribution is 0.296. The summed E-state index contributed by atoms with van der Waals surface area (Å²) in [5, 5.41) is 7.78. The molecule has 2 rings (SSSR count). The van der Waals surface area contributed by atoms with Crippen molar-refractivity contribution in [3.63, 3.8) is 0 Å². The molecule has 2 aromatic carbocycles. The van der Waals surface area contributed by atoms with E-state index in [4.69, 9.17) is 32.2 Å². The Hall–Kier alpha value is -1.72. The van der Waals surface area contributed by atoms with E-state index < -0.39 is 0 Å². The fraction of sp³-hybridized carbons (Fsp3) is 0.133. The van der Waals surface area contributed by atoms with Crippen LogP contribution in [0, 0.1) is 5.41 Å². The minimum Gasteiger partial charge on any atom is -0.496 e. The summed E-state index contributed by atoms with van der Waals surface area (Å²) in [4.78, 5) is 0. The highest BCUT2D eigenvalue weighted by Crippen LogP contribution is 2.26. The first-order chi connectivity index (χ1) is 10.0. The second-order valence-electron chi connectivity index (χ2n) is 4.30. The van der Waals surface area contributed by atoms with Crippen molar-refractivity contribution in [2.24, 2.45) is 5.73 Å². The molecule has 4 nitrogen and oxygen atoms in total. The number of ether oxygens (including phenoxy) is 2. The minimum absolute atomic E-state index is 0.0693. The Morgan fingerprint density at radius 1 is 1.29 bits per heavy atom. The van der Waals surface area contributed by atoms with Gasteiger partial charge in [0, 0.05) is 15.6 Å². The van der Waals surface area contributed by atoms with Gasteiger partial charge in [-0.3, -0.25) is 5.41 Å². The maximum absolute atomic E-state index is 7.39. The van der Waals surface area contributed by atoms with Gasteiger partial charge in [0.15, 0.2) is 0 Å². The summed E-state index contributed by atoms with van der Waals surface area (Å²) in [6.07, 6.45) is 0. The smallest absolute Gasteiger partial charge is 0.125 e. The van der Waals surface area contributed by atoms with Crippen molar-refractivity contribution in [3.05, 3.63) is 57.0 Å². The van der Waals surface area contributed by atoms with Crippen LogP contribution in [0.2, 0.25) is 5.02 Å². The maximum atomic E-state index is 7.39. The number of methoxy groups -OCH3 is 1. The van der Waals surface area contributed by atoms with Gasteiger partial charge < -0.3 is 15.2 Å². The third-order valence-electron chi connectivity index (χ3n) is 2.87. The Labute approximate surface area is 136 Å². The lowest BCUT2D eigenvalue weighted by Crippen LogP contribution is -2.11. The molecule has 0 heterocycles. The Bertz CT molecular complexity index is 677. The highest BCUT2D eigenvalue weighted by molar-refractivity contribution is 9.10. The molecule has 0 aliphatic rings. The molecule has 110 valence electrons. The van der Waals surface area contributed by atoms with Crippen LogP contribution in [0.1, 0.15) is 11.1 Å². The Kier molecular flexibility index (Phi) is 5.09. The zero-order valence-electron chi connectivity index (χ0n) is 11.3. The van der Waals surface area contributed by atoms with Crippen molar-refractivity contribution in [3.8, 4) is 11.5 Å². The first kappa shape index (κ1) is 15.7. The Balaban J connectivity index is 2.15. The summed E-state index contributed by atoms with van der Waals surface area (Å²) >= 11 is 9.48. The molecule has 2 aromatic rings. The Morgan fingerprint density at radius 3 is 2.67 bits per heavy atom. The van der Waals surface area contributed by atoms with Crippen LogP contribution in [0.3, 0.4) is 0 Å². The van der Waals surface area contributed by atoms with Gasteiger partial charge >= 0.3 is 0 Å². The number of nitrogens with one attached hydrogen (secondary N) is 1. The molecule has 0 saturated carbocycles. The fourth-order valence-electron chi connectivity index (χ4n) is 1.83. The highest BCUT2D eigenvalue weighted by atomic mass is 79.9. The molecule has 3 N–H and O–H groups in total.